The van der Waals surface area contributed by atoms with Crippen molar-refractivity contribution >= 4 is 17.5 Å². The summed E-state index contributed by atoms with van der Waals surface area (Å²) in [5.74, 6) is -1.67. The van der Waals surface area contributed by atoms with Crippen molar-refractivity contribution in [1.82, 2.24) is 9.78 Å². The van der Waals surface area contributed by atoms with Crippen LogP contribution < -0.4 is 5.32 Å². The third kappa shape index (κ3) is 3.77. The number of aromatic carboxylic acids is 1. The highest BCUT2D eigenvalue weighted by Crippen LogP contribution is 2.30. The summed E-state index contributed by atoms with van der Waals surface area (Å²) in [7, 11) is 0. The third-order valence-electron chi connectivity index (χ3n) is 4.67. The van der Waals surface area contributed by atoms with Crippen LogP contribution in [0.25, 0.3) is 16.9 Å². The van der Waals surface area contributed by atoms with Gasteiger partial charge in [0.25, 0.3) is 0 Å². The number of halogens is 2. The fraction of sp³-hybridized carbons (Fsp3) is 0.0435. The number of carboxylic acid groups (broad SMARTS) is 1. The number of nitrogens with zero attached hydrogens (tertiary/aromatic N) is 2. The molecule has 3 aromatic carbocycles. The van der Waals surface area contributed by atoms with Crippen molar-refractivity contribution < 1.29 is 18.7 Å². The number of hydrogen-bond acceptors (Lipinski definition) is 3. The Morgan fingerprint density at radius 2 is 1.67 bits per heavy atom. The lowest BCUT2D eigenvalue weighted by atomic mass is 10.1. The first-order chi connectivity index (χ1) is 14.4. The smallest absolute Gasteiger partial charge is 0.337 e. The molecule has 0 bridgehead atoms. The van der Waals surface area contributed by atoms with Gasteiger partial charge in [-0.05, 0) is 61.0 Å². The van der Waals surface area contributed by atoms with Gasteiger partial charge in [-0.15, -0.1) is 0 Å². The topological polar surface area (TPSA) is 67.2 Å². The minimum Gasteiger partial charge on any atom is -0.478 e. The highest BCUT2D eigenvalue weighted by molar-refractivity contribution is 5.95. The minimum absolute atomic E-state index is 0.0720. The van der Waals surface area contributed by atoms with Gasteiger partial charge in [-0.1, -0.05) is 18.2 Å². The van der Waals surface area contributed by atoms with Gasteiger partial charge in [-0.25, -0.2) is 18.3 Å². The largest absolute Gasteiger partial charge is 0.478 e. The highest BCUT2D eigenvalue weighted by atomic mass is 19.1. The van der Waals surface area contributed by atoms with E-state index < -0.39 is 11.8 Å². The summed E-state index contributed by atoms with van der Waals surface area (Å²) in [6.07, 6.45) is 0. The molecule has 0 amide bonds. The average Bonchev–Trinajstić information content (AvgIpc) is 3.12. The molecule has 150 valence electrons. The van der Waals surface area contributed by atoms with E-state index >= 15 is 0 Å². The number of para-hydroxylation sites is 1. The van der Waals surface area contributed by atoms with Crippen LogP contribution in [0.2, 0.25) is 0 Å². The molecule has 0 aliphatic heterocycles. The van der Waals surface area contributed by atoms with Crippen LogP contribution in [0, 0.1) is 18.6 Å². The summed E-state index contributed by atoms with van der Waals surface area (Å²) in [5, 5.41) is 17.1. The molecule has 1 aromatic heterocycles. The Hall–Kier alpha value is -4.00. The zero-order valence-corrected chi connectivity index (χ0v) is 15.9. The van der Waals surface area contributed by atoms with Crippen LogP contribution in [0.15, 0.2) is 72.8 Å². The summed E-state index contributed by atoms with van der Waals surface area (Å²) in [6, 6.07) is 18.5. The Morgan fingerprint density at radius 3 is 2.37 bits per heavy atom. The standard InChI is InChI=1S/C23H17F2N3O2/c1-14-4-2-3-5-21(14)28-22(13-19(27-28)15-6-8-16(24)9-7-15)26-20-12-17(25)10-11-18(20)23(29)30/h2-13,26H,1H3,(H,29,30). The van der Waals surface area contributed by atoms with Crippen molar-refractivity contribution in [2.45, 2.75) is 6.92 Å². The fourth-order valence-electron chi connectivity index (χ4n) is 3.16. The number of carbonyl (C=O) groups is 1. The van der Waals surface area contributed by atoms with Crippen molar-refractivity contribution in [2.24, 2.45) is 0 Å². The first kappa shape index (κ1) is 19.3. The maximum absolute atomic E-state index is 13.8. The lowest BCUT2D eigenvalue weighted by molar-refractivity contribution is 0.0698. The quantitative estimate of drug-likeness (QED) is 0.456. The van der Waals surface area contributed by atoms with Crippen molar-refractivity contribution in [2.75, 3.05) is 5.32 Å². The molecule has 0 unspecified atom stereocenters. The molecule has 1 heterocycles. The molecule has 0 saturated carbocycles. The normalized spacial score (nSPS) is 10.8. The van der Waals surface area contributed by atoms with Gasteiger partial charge in [-0.3, -0.25) is 0 Å². The van der Waals surface area contributed by atoms with E-state index in [2.05, 4.69) is 10.4 Å². The second-order valence-corrected chi connectivity index (χ2v) is 6.74. The van der Waals surface area contributed by atoms with Crippen molar-refractivity contribution in [3.05, 3.63) is 95.6 Å². The van der Waals surface area contributed by atoms with Gasteiger partial charge in [0, 0.05) is 11.6 Å². The monoisotopic (exact) mass is 405 g/mol. The number of anilines is 2. The zero-order chi connectivity index (χ0) is 21.3. The third-order valence-corrected chi connectivity index (χ3v) is 4.67. The lowest BCUT2D eigenvalue weighted by Crippen LogP contribution is -2.07. The molecule has 0 atom stereocenters. The first-order valence-electron chi connectivity index (χ1n) is 9.14. The molecular formula is C23H17F2N3O2. The van der Waals surface area contributed by atoms with Gasteiger partial charge in [-0.2, -0.15) is 5.10 Å². The molecule has 0 aliphatic rings. The van der Waals surface area contributed by atoms with Crippen LogP contribution in [-0.4, -0.2) is 20.9 Å². The lowest BCUT2D eigenvalue weighted by Gasteiger charge is -2.13. The zero-order valence-electron chi connectivity index (χ0n) is 15.9. The van der Waals surface area contributed by atoms with Crippen LogP contribution in [0.1, 0.15) is 15.9 Å². The van der Waals surface area contributed by atoms with Gasteiger partial charge in [0.05, 0.1) is 22.6 Å². The van der Waals surface area contributed by atoms with Crippen LogP contribution in [0.3, 0.4) is 0 Å². The maximum atomic E-state index is 13.8. The number of aryl methyl sites for hydroxylation is 1. The van der Waals surface area contributed by atoms with Crippen molar-refractivity contribution in [1.29, 1.82) is 0 Å². The van der Waals surface area contributed by atoms with Gasteiger partial charge in [0.15, 0.2) is 0 Å². The van der Waals surface area contributed by atoms with Crippen LogP contribution >= 0.6 is 0 Å². The predicted octanol–water partition coefficient (Wildman–Crippen LogP) is 5.57. The van der Waals surface area contributed by atoms with Gasteiger partial charge in [0.1, 0.15) is 17.5 Å². The second-order valence-electron chi connectivity index (χ2n) is 6.74. The maximum Gasteiger partial charge on any atom is 0.337 e. The van der Waals surface area contributed by atoms with Crippen LogP contribution in [0.4, 0.5) is 20.3 Å². The number of rotatable bonds is 5. The predicted molar refractivity (Wildman–Crippen MR) is 110 cm³/mol. The number of benzene rings is 3. The molecule has 2 N–H and O–H groups in total. The molecule has 5 nitrogen and oxygen atoms in total. The van der Waals surface area contributed by atoms with E-state index in [1.54, 1.807) is 22.9 Å². The van der Waals surface area contributed by atoms with Crippen molar-refractivity contribution in [3.63, 3.8) is 0 Å². The van der Waals surface area contributed by atoms with Gasteiger partial charge < -0.3 is 10.4 Å². The molecule has 0 spiro atoms. The summed E-state index contributed by atoms with van der Waals surface area (Å²) in [5.41, 5.74) is 2.97. The van der Waals surface area contributed by atoms with E-state index in [-0.39, 0.29) is 17.1 Å². The highest BCUT2D eigenvalue weighted by Gasteiger charge is 2.17. The molecular weight excluding hydrogens is 388 g/mol. The van der Waals surface area contributed by atoms with E-state index in [9.17, 15) is 18.7 Å². The fourth-order valence-corrected chi connectivity index (χ4v) is 3.16. The van der Waals surface area contributed by atoms with E-state index in [0.717, 1.165) is 23.4 Å². The number of nitrogens with one attached hydrogen (secondary N) is 1. The Balaban J connectivity index is 1.86. The molecule has 4 aromatic rings. The molecule has 0 saturated heterocycles. The summed E-state index contributed by atoms with van der Waals surface area (Å²) >= 11 is 0. The molecule has 0 aliphatic carbocycles. The first-order valence-corrected chi connectivity index (χ1v) is 9.14. The SMILES string of the molecule is Cc1ccccc1-n1nc(-c2ccc(F)cc2)cc1Nc1cc(F)ccc1C(=O)O. The van der Waals surface area contributed by atoms with Gasteiger partial charge in [0.2, 0.25) is 0 Å². The van der Waals surface area contributed by atoms with E-state index in [4.69, 9.17) is 0 Å². The number of carboxylic acids is 1. The van der Waals surface area contributed by atoms with E-state index in [1.807, 2.05) is 31.2 Å². The summed E-state index contributed by atoms with van der Waals surface area (Å²) in [4.78, 5) is 11.6. The number of hydrogen-bond donors (Lipinski definition) is 2. The molecule has 0 fully saturated rings. The molecule has 30 heavy (non-hydrogen) atoms. The van der Waals surface area contributed by atoms with Gasteiger partial charge >= 0.3 is 5.97 Å². The average molecular weight is 405 g/mol. The molecule has 0 radical (unpaired) electrons. The Morgan fingerprint density at radius 1 is 0.967 bits per heavy atom. The summed E-state index contributed by atoms with van der Waals surface area (Å²) < 4.78 is 28.8. The molecule has 4 rings (SSSR count). The minimum atomic E-state index is -1.18. The van der Waals surface area contributed by atoms with Crippen LogP contribution in [0.5, 0.6) is 0 Å². The van der Waals surface area contributed by atoms with E-state index in [0.29, 0.717) is 17.1 Å². The van der Waals surface area contributed by atoms with E-state index in [1.165, 1.54) is 18.2 Å². The Labute approximate surface area is 171 Å². The Bertz CT molecular complexity index is 1230. The second kappa shape index (κ2) is 7.79. The molecule has 7 heteroatoms. The van der Waals surface area contributed by atoms with Crippen LogP contribution in [-0.2, 0) is 0 Å². The van der Waals surface area contributed by atoms with Crippen molar-refractivity contribution in [3.8, 4) is 16.9 Å². The summed E-state index contributed by atoms with van der Waals surface area (Å²) in [6.45, 7) is 1.92. The number of aromatic nitrogens is 2. The Kier molecular flexibility index (Phi) is 5.02.